The van der Waals surface area contributed by atoms with E-state index in [1.807, 2.05) is 0 Å². The van der Waals surface area contributed by atoms with Crippen molar-refractivity contribution < 1.29 is 4.39 Å². The Morgan fingerprint density at radius 2 is 1.74 bits per heavy atom. The van der Waals surface area contributed by atoms with Gasteiger partial charge < -0.3 is 11.1 Å². The Morgan fingerprint density at radius 3 is 2.37 bits per heavy atom. The van der Waals surface area contributed by atoms with Gasteiger partial charge in [-0.25, -0.2) is 4.39 Å². The van der Waals surface area contributed by atoms with Gasteiger partial charge in [-0.3, -0.25) is 0 Å². The molecule has 0 heterocycles. The molecule has 0 radical (unpaired) electrons. The minimum absolute atomic E-state index is 0.227. The summed E-state index contributed by atoms with van der Waals surface area (Å²) >= 11 is 0. The van der Waals surface area contributed by atoms with E-state index in [1.165, 1.54) is 23.3 Å². The number of anilines is 2. The molecule has 0 saturated heterocycles. The number of benzene rings is 2. The molecule has 2 nitrogen and oxygen atoms in total. The average molecular weight is 258 g/mol. The van der Waals surface area contributed by atoms with Gasteiger partial charge in [0, 0.05) is 11.4 Å². The topological polar surface area (TPSA) is 38.0 Å². The Kier molecular flexibility index (Phi) is 4.17. The van der Waals surface area contributed by atoms with Crippen LogP contribution in [0.2, 0.25) is 0 Å². The molecule has 0 spiro atoms. The summed E-state index contributed by atoms with van der Waals surface area (Å²) in [5.74, 6) is -0.227. The maximum absolute atomic E-state index is 13.3. The highest BCUT2D eigenvalue weighted by atomic mass is 19.1. The van der Waals surface area contributed by atoms with Gasteiger partial charge in [-0.05, 0) is 73.8 Å². The number of hydrogen-bond acceptors (Lipinski definition) is 2. The number of aryl methyl sites for hydroxylation is 2. The number of halogens is 1. The second-order valence-electron chi connectivity index (χ2n) is 4.84. The van der Waals surface area contributed by atoms with Crippen LogP contribution in [0.4, 0.5) is 15.8 Å². The maximum atomic E-state index is 13.3. The van der Waals surface area contributed by atoms with E-state index >= 15 is 0 Å². The van der Waals surface area contributed by atoms with Crippen LogP contribution < -0.4 is 11.1 Å². The lowest BCUT2D eigenvalue weighted by atomic mass is 10.1. The SMILES string of the molecule is Cc1cc(C)cc(Nc2ccc(F)cc2CCN)c1. The van der Waals surface area contributed by atoms with Crippen LogP contribution >= 0.6 is 0 Å². The highest BCUT2D eigenvalue weighted by Gasteiger charge is 2.05. The Bertz CT molecular complexity index is 559. The molecule has 2 aromatic carbocycles. The molecule has 2 aromatic rings. The molecule has 0 aliphatic rings. The Balaban J connectivity index is 2.31. The summed E-state index contributed by atoms with van der Waals surface area (Å²) in [6, 6.07) is 11.0. The molecule has 0 aliphatic carbocycles. The third kappa shape index (κ3) is 3.55. The molecule has 19 heavy (non-hydrogen) atoms. The third-order valence-electron chi connectivity index (χ3n) is 2.98. The predicted molar refractivity (Wildman–Crippen MR) is 78.4 cm³/mol. The van der Waals surface area contributed by atoms with Gasteiger partial charge in [0.2, 0.25) is 0 Å². The lowest BCUT2D eigenvalue weighted by Crippen LogP contribution is -2.06. The van der Waals surface area contributed by atoms with E-state index in [-0.39, 0.29) is 5.82 Å². The fourth-order valence-corrected chi connectivity index (χ4v) is 2.25. The van der Waals surface area contributed by atoms with Gasteiger partial charge in [-0.2, -0.15) is 0 Å². The molecule has 0 fully saturated rings. The van der Waals surface area contributed by atoms with E-state index in [4.69, 9.17) is 5.73 Å². The Labute approximate surface area is 113 Å². The first kappa shape index (κ1) is 13.6. The van der Waals surface area contributed by atoms with Crippen LogP contribution in [-0.2, 0) is 6.42 Å². The van der Waals surface area contributed by atoms with Crippen molar-refractivity contribution in [2.75, 3.05) is 11.9 Å². The average Bonchev–Trinajstić information content (AvgIpc) is 2.32. The standard InChI is InChI=1S/C16H19FN2/c1-11-7-12(2)9-15(8-11)19-16-4-3-14(17)10-13(16)5-6-18/h3-4,7-10,19H,5-6,18H2,1-2H3. The molecule has 100 valence electrons. The first-order valence-electron chi connectivity index (χ1n) is 6.42. The third-order valence-corrected chi connectivity index (χ3v) is 2.98. The summed E-state index contributed by atoms with van der Waals surface area (Å²) in [4.78, 5) is 0. The first-order valence-corrected chi connectivity index (χ1v) is 6.42. The van der Waals surface area contributed by atoms with Gasteiger partial charge in [0.05, 0.1) is 0 Å². The van der Waals surface area contributed by atoms with Crippen LogP contribution in [0.1, 0.15) is 16.7 Å². The zero-order valence-electron chi connectivity index (χ0n) is 11.3. The van der Waals surface area contributed by atoms with Gasteiger partial charge in [-0.15, -0.1) is 0 Å². The van der Waals surface area contributed by atoms with E-state index in [1.54, 1.807) is 6.07 Å². The monoisotopic (exact) mass is 258 g/mol. The van der Waals surface area contributed by atoms with E-state index in [2.05, 4.69) is 37.4 Å². The summed E-state index contributed by atoms with van der Waals surface area (Å²) in [7, 11) is 0. The Hall–Kier alpha value is -1.87. The van der Waals surface area contributed by atoms with Crippen LogP contribution in [0.5, 0.6) is 0 Å². The number of nitrogens with two attached hydrogens (primary N) is 1. The Morgan fingerprint density at radius 1 is 1.05 bits per heavy atom. The van der Waals surface area contributed by atoms with Crippen LogP contribution in [0, 0.1) is 19.7 Å². The molecule has 0 aliphatic heterocycles. The van der Waals surface area contributed by atoms with Crippen molar-refractivity contribution in [2.24, 2.45) is 5.73 Å². The normalized spacial score (nSPS) is 10.5. The summed E-state index contributed by atoms with van der Waals surface area (Å²) < 4.78 is 13.3. The molecular formula is C16H19FN2. The van der Waals surface area contributed by atoms with Crippen LogP contribution in [0.15, 0.2) is 36.4 Å². The highest BCUT2D eigenvalue weighted by molar-refractivity contribution is 5.64. The smallest absolute Gasteiger partial charge is 0.123 e. The minimum Gasteiger partial charge on any atom is -0.355 e. The molecular weight excluding hydrogens is 239 g/mol. The molecule has 0 saturated carbocycles. The molecule has 0 atom stereocenters. The first-order chi connectivity index (χ1) is 9.08. The minimum atomic E-state index is -0.227. The lowest BCUT2D eigenvalue weighted by Gasteiger charge is -2.13. The summed E-state index contributed by atoms with van der Waals surface area (Å²) in [6.45, 7) is 4.62. The van der Waals surface area contributed by atoms with Crippen molar-refractivity contribution in [3.05, 3.63) is 58.9 Å². The number of nitrogens with one attached hydrogen (secondary N) is 1. The van der Waals surface area contributed by atoms with Gasteiger partial charge in [0.25, 0.3) is 0 Å². The van der Waals surface area contributed by atoms with Gasteiger partial charge in [-0.1, -0.05) is 6.07 Å². The van der Waals surface area contributed by atoms with Crippen molar-refractivity contribution in [3.8, 4) is 0 Å². The number of rotatable bonds is 4. The summed E-state index contributed by atoms with van der Waals surface area (Å²) in [5.41, 5.74) is 10.8. The van der Waals surface area contributed by atoms with Crippen molar-refractivity contribution >= 4 is 11.4 Å². The second kappa shape index (κ2) is 5.85. The molecule has 2 rings (SSSR count). The second-order valence-corrected chi connectivity index (χ2v) is 4.84. The van der Waals surface area contributed by atoms with Crippen molar-refractivity contribution in [2.45, 2.75) is 20.3 Å². The predicted octanol–water partition coefficient (Wildman–Crippen LogP) is 3.69. The van der Waals surface area contributed by atoms with E-state index in [0.29, 0.717) is 13.0 Å². The zero-order valence-corrected chi connectivity index (χ0v) is 11.3. The van der Waals surface area contributed by atoms with Crippen molar-refractivity contribution in [1.29, 1.82) is 0 Å². The summed E-state index contributed by atoms with van der Waals surface area (Å²) in [5, 5.41) is 3.34. The van der Waals surface area contributed by atoms with E-state index in [9.17, 15) is 4.39 Å². The largest absolute Gasteiger partial charge is 0.355 e. The molecule has 0 unspecified atom stereocenters. The van der Waals surface area contributed by atoms with Gasteiger partial charge in [0.1, 0.15) is 5.82 Å². The van der Waals surface area contributed by atoms with Gasteiger partial charge in [0.15, 0.2) is 0 Å². The van der Waals surface area contributed by atoms with Crippen molar-refractivity contribution in [1.82, 2.24) is 0 Å². The molecule has 0 amide bonds. The van der Waals surface area contributed by atoms with Crippen molar-refractivity contribution in [3.63, 3.8) is 0 Å². The van der Waals surface area contributed by atoms with E-state index < -0.39 is 0 Å². The van der Waals surface area contributed by atoms with Gasteiger partial charge >= 0.3 is 0 Å². The maximum Gasteiger partial charge on any atom is 0.123 e. The van der Waals surface area contributed by atoms with Crippen LogP contribution in [-0.4, -0.2) is 6.54 Å². The fraction of sp³-hybridized carbons (Fsp3) is 0.250. The zero-order chi connectivity index (χ0) is 13.8. The van der Waals surface area contributed by atoms with E-state index in [0.717, 1.165) is 16.9 Å². The molecule has 0 aromatic heterocycles. The summed E-state index contributed by atoms with van der Waals surface area (Å²) in [6.07, 6.45) is 0.658. The highest BCUT2D eigenvalue weighted by Crippen LogP contribution is 2.24. The van der Waals surface area contributed by atoms with Crippen LogP contribution in [0.25, 0.3) is 0 Å². The van der Waals surface area contributed by atoms with Crippen LogP contribution in [0.3, 0.4) is 0 Å². The quantitative estimate of drug-likeness (QED) is 0.877. The molecule has 0 bridgehead atoms. The number of hydrogen-bond donors (Lipinski definition) is 2. The molecule has 3 heteroatoms. The fourth-order valence-electron chi connectivity index (χ4n) is 2.25. The molecule has 3 N–H and O–H groups in total. The lowest BCUT2D eigenvalue weighted by molar-refractivity contribution is 0.625.